The summed E-state index contributed by atoms with van der Waals surface area (Å²) in [5.74, 6) is 1.44. The van der Waals surface area contributed by atoms with Crippen molar-refractivity contribution in [1.29, 1.82) is 0 Å². The molecule has 0 aromatic heterocycles. The number of carbonyl (C=O) groups excluding carboxylic acids is 1. The highest BCUT2D eigenvalue weighted by Crippen LogP contribution is 2.26. The Hall–Kier alpha value is -1.47. The van der Waals surface area contributed by atoms with Crippen LogP contribution in [0.25, 0.3) is 0 Å². The molecule has 1 aromatic rings. The van der Waals surface area contributed by atoms with Gasteiger partial charge in [0.1, 0.15) is 11.6 Å². The predicted molar refractivity (Wildman–Crippen MR) is 49.3 cm³/mol. The number of nitrogens with one attached hydrogen (secondary N) is 1. The molecule has 1 rings (SSSR count). The van der Waals surface area contributed by atoms with Gasteiger partial charge in [-0.1, -0.05) is 11.6 Å². The van der Waals surface area contributed by atoms with Gasteiger partial charge in [0.05, 0.1) is 5.02 Å². The van der Waals surface area contributed by atoms with Crippen LogP contribution in [0.2, 0.25) is 5.02 Å². The summed E-state index contributed by atoms with van der Waals surface area (Å²) in [7, 11) is 0. The molecule has 0 unspecified atom stereocenters. The van der Waals surface area contributed by atoms with Crippen LogP contribution in [0.4, 0.5) is 13.2 Å². The van der Waals surface area contributed by atoms with E-state index in [0.717, 1.165) is 18.2 Å². The first kappa shape index (κ1) is 12.6. The number of nitrogens with two attached hydrogens (primary N) is 1. The summed E-state index contributed by atoms with van der Waals surface area (Å²) in [5.41, 5.74) is 1.23. The first-order valence-electron chi connectivity index (χ1n) is 3.90. The maximum absolute atomic E-state index is 12.9. The Morgan fingerprint density at radius 1 is 1.50 bits per heavy atom. The van der Waals surface area contributed by atoms with Crippen LogP contribution >= 0.6 is 11.6 Å². The first-order chi connectivity index (χ1) is 7.36. The Morgan fingerprint density at radius 3 is 2.62 bits per heavy atom. The number of hydrogen-bond donors (Lipinski definition) is 2. The number of rotatable bonds is 3. The fraction of sp³-hybridized carbons (Fsp3) is 0.125. The highest BCUT2D eigenvalue weighted by Gasteiger charge is 2.41. The smallest absolute Gasteiger partial charge is 0.425 e. The lowest BCUT2D eigenvalue weighted by Crippen LogP contribution is -2.47. The van der Waals surface area contributed by atoms with E-state index in [1.807, 2.05) is 0 Å². The van der Waals surface area contributed by atoms with E-state index in [0.29, 0.717) is 0 Å². The third-order valence-electron chi connectivity index (χ3n) is 1.53. The second-order valence-corrected chi connectivity index (χ2v) is 3.08. The number of alkyl halides is 2. The molecule has 16 heavy (non-hydrogen) atoms. The van der Waals surface area contributed by atoms with Gasteiger partial charge in [-0.3, -0.25) is 10.2 Å². The summed E-state index contributed by atoms with van der Waals surface area (Å²) >= 11 is 5.33. The van der Waals surface area contributed by atoms with E-state index in [1.54, 1.807) is 0 Å². The molecule has 0 fully saturated rings. The Labute approximate surface area is 93.1 Å². The van der Waals surface area contributed by atoms with Crippen molar-refractivity contribution in [2.24, 2.45) is 5.84 Å². The third kappa shape index (κ3) is 2.77. The zero-order valence-corrected chi connectivity index (χ0v) is 8.39. The van der Waals surface area contributed by atoms with E-state index in [9.17, 15) is 18.0 Å². The van der Waals surface area contributed by atoms with Crippen LogP contribution in [0.3, 0.4) is 0 Å². The lowest BCUT2D eigenvalue weighted by atomic mass is 10.3. The molecule has 88 valence electrons. The second-order valence-electron chi connectivity index (χ2n) is 2.67. The van der Waals surface area contributed by atoms with Gasteiger partial charge >= 0.3 is 12.0 Å². The minimum absolute atomic E-state index is 0.401. The Balaban J connectivity index is 2.88. The summed E-state index contributed by atoms with van der Waals surface area (Å²) in [6, 6.07) is 2.54. The first-order valence-corrected chi connectivity index (χ1v) is 4.27. The Kier molecular flexibility index (Phi) is 3.61. The molecule has 8 heteroatoms. The number of amides is 1. The van der Waals surface area contributed by atoms with Crippen LogP contribution in [0.15, 0.2) is 18.2 Å². The molecule has 0 bridgehead atoms. The average Bonchev–Trinajstić information content (AvgIpc) is 2.22. The Bertz CT molecular complexity index is 414. The van der Waals surface area contributed by atoms with Crippen LogP contribution in [0.5, 0.6) is 5.75 Å². The van der Waals surface area contributed by atoms with Gasteiger partial charge in [-0.2, -0.15) is 8.78 Å². The van der Waals surface area contributed by atoms with E-state index >= 15 is 0 Å². The van der Waals surface area contributed by atoms with Crippen molar-refractivity contribution in [1.82, 2.24) is 5.43 Å². The van der Waals surface area contributed by atoms with Crippen molar-refractivity contribution in [3.05, 3.63) is 29.0 Å². The molecule has 0 saturated carbocycles. The largest absolute Gasteiger partial charge is 0.483 e. The molecule has 0 heterocycles. The number of hydrazine groups is 1. The van der Waals surface area contributed by atoms with Crippen LogP contribution in [-0.2, 0) is 4.79 Å². The van der Waals surface area contributed by atoms with Crippen LogP contribution in [0.1, 0.15) is 0 Å². The zero-order valence-electron chi connectivity index (χ0n) is 7.64. The normalized spacial score (nSPS) is 11.1. The molecular weight excluding hydrogens is 249 g/mol. The van der Waals surface area contributed by atoms with E-state index < -0.39 is 28.6 Å². The van der Waals surface area contributed by atoms with Crippen molar-refractivity contribution in [3.8, 4) is 5.75 Å². The Morgan fingerprint density at radius 2 is 2.12 bits per heavy atom. The van der Waals surface area contributed by atoms with Gasteiger partial charge in [-0.25, -0.2) is 10.2 Å². The fourth-order valence-electron chi connectivity index (χ4n) is 0.819. The number of ether oxygens (including phenoxy) is 1. The van der Waals surface area contributed by atoms with Crippen molar-refractivity contribution in [3.63, 3.8) is 0 Å². The molecule has 3 N–H and O–H groups in total. The van der Waals surface area contributed by atoms with Gasteiger partial charge in [0.15, 0.2) is 0 Å². The summed E-state index contributed by atoms with van der Waals surface area (Å²) in [6.45, 7) is 0. The molecule has 1 amide bonds. The van der Waals surface area contributed by atoms with Gasteiger partial charge in [0.25, 0.3) is 0 Å². The lowest BCUT2D eigenvalue weighted by molar-refractivity contribution is -0.192. The predicted octanol–water partition coefficient (Wildman–Crippen LogP) is 1.44. The van der Waals surface area contributed by atoms with E-state index in [4.69, 9.17) is 11.6 Å². The van der Waals surface area contributed by atoms with Gasteiger partial charge < -0.3 is 4.74 Å². The zero-order chi connectivity index (χ0) is 12.3. The maximum atomic E-state index is 12.9. The van der Waals surface area contributed by atoms with Gasteiger partial charge in [0.2, 0.25) is 0 Å². The fourth-order valence-corrected chi connectivity index (χ4v) is 0.989. The van der Waals surface area contributed by atoms with Crippen LogP contribution < -0.4 is 16.0 Å². The van der Waals surface area contributed by atoms with Crippen LogP contribution in [0, 0.1) is 5.82 Å². The molecule has 0 aliphatic rings. The van der Waals surface area contributed by atoms with E-state index in [1.165, 1.54) is 5.43 Å². The summed E-state index contributed by atoms with van der Waals surface area (Å²) < 4.78 is 42.5. The molecule has 1 aromatic carbocycles. The topological polar surface area (TPSA) is 64.3 Å². The van der Waals surface area contributed by atoms with Crippen molar-refractivity contribution >= 4 is 17.5 Å². The van der Waals surface area contributed by atoms with Gasteiger partial charge in [-0.05, 0) is 12.1 Å². The molecule has 0 atom stereocenters. The third-order valence-corrected chi connectivity index (χ3v) is 1.82. The molecule has 0 aliphatic heterocycles. The number of benzene rings is 1. The standard InChI is InChI=1S/C8H6ClF3N2O2/c9-5-3-4(1-2-6(5)10)16-8(11,12)7(15)14-13/h1-3H,13H2,(H,14,15). The lowest BCUT2D eigenvalue weighted by Gasteiger charge is -2.15. The van der Waals surface area contributed by atoms with Crippen LogP contribution in [-0.4, -0.2) is 12.0 Å². The van der Waals surface area contributed by atoms with Crippen molar-refractivity contribution in [2.75, 3.05) is 0 Å². The number of hydrogen-bond acceptors (Lipinski definition) is 3. The number of halogens is 4. The number of carbonyl (C=O) groups is 1. The molecule has 0 radical (unpaired) electrons. The van der Waals surface area contributed by atoms with Gasteiger partial charge in [-0.15, -0.1) is 0 Å². The molecule has 0 aliphatic carbocycles. The highest BCUT2D eigenvalue weighted by atomic mass is 35.5. The summed E-state index contributed by atoms with van der Waals surface area (Å²) in [6.07, 6.45) is -4.16. The monoisotopic (exact) mass is 254 g/mol. The van der Waals surface area contributed by atoms with Gasteiger partial charge in [0, 0.05) is 6.07 Å². The molecule has 0 spiro atoms. The maximum Gasteiger partial charge on any atom is 0.483 e. The minimum Gasteiger partial charge on any atom is -0.425 e. The molecular formula is C8H6ClF3N2O2. The second kappa shape index (κ2) is 4.58. The van der Waals surface area contributed by atoms with E-state index in [-0.39, 0.29) is 0 Å². The SMILES string of the molecule is NNC(=O)C(F)(F)Oc1ccc(F)c(Cl)c1. The van der Waals surface area contributed by atoms with E-state index in [2.05, 4.69) is 10.6 Å². The van der Waals surface area contributed by atoms with Crippen molar-refractivity contribution in [2.45, 2.75) is 6.11 Å². The average molecular weight is 255 g/mol. The summed E-state index contributed by atoms with van der Waals surface area (Å²) in [4.78, 5) is 10.6. The highest BCUT2D eigenvalue weighted by molar-refractivity contribution is 6.30. The molecule has 4 nitrogen and oxygen atoms in total. The molecule has 0 saturated heterocycles. The van der Waals surface area contributed by atoms with Crippen molar-refractivity contribution < 1.29 is 22.7 Å². The summed E-state index contributed by atoms with van der Waals surface area (Å²) in [5, 5.41) is -0.401. The quantitative estimate of drug-likeness (QED) is 0.487. The minimum atomic E-state index is -4.16.